The second-order valence-electron chi connectivity index (χ2n) is 4.18. The molecule has 2 N–H and O–H groups in total. The van der Waals surface area contributed by atoms with E-state index < -0.39 is 0 Å². The van der Waals surface area contributed by atoms with Crippen LogP contribution in [0.25, 0.3) is 0 Å². The monoisotopic (exact) mass is 270 g/mol. The van der Waals surface area contributed by atoms with E-state index >= 15 is 0 Å². The van der Waals surface area contributed by atoms with Crippen molar-refractivity contribution >= 4 is 17.3 Å². The van der Waals surface area contributed by atoms with Gasteiger partial charge in [0.15, 0.2) is 5.96 Å². The van der Waals surface area contributed by atoms with E-state index in [0.717, 1.165) is 16.7 Å². The first-order valence-corrected chi connectivity index (χ1v) is 6.77. The van der Waals surface area contributed by atoms with Crippen molar-refractivity contribution in [2.24, 2.45) is 4.99 Å². The summed E-state index contributed by atoms with van der Waals surface area (Å²) in [5.41, 5.74) is 1.10. The molecule has 0 bridgehead atoms. The molecule has 1 aromatic heterocycles. The van der Waals surface area contributed by atoms with Gasteiger partial charge in [0, 0.05) is 25.1 Å². The molecule has 5 nitrogen and oxygen atoms in total. The fourth-order valence-corrected chi connectivity index (χ4v) is 2.37. The van der Waals surface area contributed by atoms with E-state index in [1.54, 1.807) is 25.5 Å². The molecule has 0 radical (unpaired) electrons. The number of ether oxygens (including phenoxy) is 1. The Morgan fingerprint density at radius 2 is 2.22 bits per heavy atom. The van der Waals surface area contributed by atoms with E-state index in [0.29, 0.717) is 13.2 Å². The van der Waals surface area contributed by atoms with Crippen molar-refractivity contribution in [3.63, 3.8) is 0 Å². The molecule has 0 amide bonds. The molecule has 102 valence electrons. The SMILES string of the molecule is CN=C(NCc1nc(C)c(C)s1)NC(C)COC. The third-order valence-electron chi connectivity index (χ3n) is 2.50. The number of nitrogens with zero attached hydrogens (tertiary/aromatic N) is 2. The van der Waals surface area contributed by atoms with Crippen molar-refractivity contribution in [3.8, 4) is 0 Å². The number of aromatic nitrogens is 1. The molecule has 6 heteroatoms. The van der Waals surface area contributed by atoms with Crippen molar-refractivity contribution in [2.75, 3.05) is 20.8 Å². The number of methoxy groups -OCH3 is 1. The van der Waals surface area contributed by atoms with Gasteiger partial charge in [-0.05, 0) is 20.8 Å². The Kier molecular flexibility index (Phi) is 6.07. The number of aliphatic imine (C=N–C) groups is 1. The Morgan fingerprint density at radius 3 is 2.72 bits per heavy atom. The van der Waals surface area contributed by atoms with Crippen LogP contribution >= 0.6 is 11.3 Å². The predicted molar refractivity (Wildman–Crippen MR) is 76.3 cm³/mol. The molecule has 1 rings (SSSR count). The molecule has 0 aromatic carbocycles. The molecule has 0 aliphatic carbocycles. The van der Waals surface area contributed by atoms with Gasteiger partial charge in [0.25, 0.3) is 0 Å². The minimum atomic E-state index is 0.223. The summed E-state index contributed by atoms with van der Waals surface area (Å²) >= 11 is 1.71. The minimum absolute atomic E-state index is 0.223. The zero-order chi connectivity index (χ0) is 13.5. The first kappa shape index (κ1) is 14.9. The van der Waals surface area contributed by atoms with E-state index in [2.05, 4.69) is 27.5 Å². The van der Waals surface area contributed by atoms with Crippen molar-refractivity contribution in [2.45, 2.75) is 33.4 Å². The molecule has 0 spiro atoms. The van der Waals surface area contributed by atoms with Crippen molar-refractivity contribution in [1.82, 2.24) is 15.6 Å². The Bertz CT molecular complexity index is 383. The van der Waals surface area contributed by atoms with Gasteiger partial charge in [0.1, 0.15) is 5.01 Å². The standard InChI is InChI=1S/C12H22N4OS/c1-8(7-17-5)15-12(13-4)14-6-11-16-9(2)10(3)18-11/h8H,6-7H2,1-5H3,(H2,13,14,15). The smallest absolute Gasteiger partial charge is 0.191 e. The van der Waals surface area contributed by atoms with Gasteiger partial charge < -0.3 is 15.4 Å². The zero-order valence-electron chi connectivity index (χ0n) is 11.7. The van der Waals surface area contributed by atoms with E-state index in [9.17, 15) is 0 Å². The van der Waals surface area contributed by atoms with E-state index in [4.69, 9.17) is 4.74 Å². The Labute approximate surface area is 113 Å². The van der Waals surface area contributed by atoms with Gasteiger partial charge >= 0.3 is 0 Å². The van der Waals surface area contributed by atoms with Gasteiger partial charge in [-0.2, -0.15) is 0 Å². The maximum absolute atomic E-state index is 5.08. The Hall–Kier alpha value is -1.14. The van der Waals surface area contributed by atoms with Crippen LogP contribution in [0.5, 0.6) is 0 Å². The van der Waals surface area contributed by atoms with Crippen molar-refractivity contribution in [1.29, 1.82) is 0 Å². The van der Waals surface area contributed by atoms with Gasteiger partial charge in [-0.3, -0.25) is 4.99 Å². The number of aryl methyl sites for hydroxylation is 2. The van der Waals surface area contributed by atoms with E-state index in [1.807, 2.05) is 13.8 Å². The average molecular weight is 270 g/mol. The maximum Gasteiger partial charge on any atom is 0.191 e. The van der Waals surface area contributed by atoms with E-state index in [1.165, 1.54) is 4.88 Å². The van der Waals surface area contributed by atoms with Crippen LogP contribution in [0, 0.1) is 13.8 Å². The number of nitrogens with one attached hydrogen (secondary N) is 2. The summed E-state index contributed by atoms with van der Waals surface area (Å²) in [6.07, 6.45) is 0. The van der Waals surface area contributed by atoms with Crippen LogP contribution in [-0.2, 0) is 11.3 Å². The molecule has 18 heavy (non-hydrogen) atoms. The van der Waals surface area contributed by atoms with Gasteiger partial charge in [-0.1, -0.05) is 0 Å². The van der Waals surface area contributed by atoms with Crippen LogP contribution < -0.4 is 10.6 Å². The van der Waals surface area contributed by atoms with Crippen molar-refractivity contribution < 1.29 is 4.74 Å². The van der Waals surface area contributed by atoms with Gasteiger partial charge in [0.2, 0.25) is 0 Å². The zero-order valence-corrected chi connectivity index (χ0v) is 12.5. The summed E-state index contributed by atoms with van der Waals surface area (Å²) in [5.74, 6) is 0.769. The third-order valence-corrected chi connectivity index (χ3v) is 3.58. The summed E-state index contributed by atoms with van der Waals surface area (Å²) in [7, 11) is 3.45. The highest BCUT2D eigenvalue weighted by Gasteiger charge is 2.07. The minimum Gasteiger partial charge on any atom is -0.383 e. The molecular formula is C12H22N4OS. The number of guanidine groups is 1. The summed E-state index contributed by atoms with van der Waals surface area (Å²) in [4.78, 5) is 9.92. The van der Waals surface area contributed by atoms with Gasteiger partial charge in [0.05, 0.1) is 18.8 Å². The number of rotatable bonds is 5. The molecule has 1 aromatic rings. The Balaban J connectivity index is 2.45. The highest BCUT2D eigenvalue weighted by Crippen LogP contribution is 2.15. The first-order valence-electron chi connectivity index (χ1n) is 5.95. The second-order valence-corrected chi connectivity index (χ2v) is 5.46. The molecule has 0 aliphatic rings. The van der Waals surface area contributed by atoms with E-state index in [-0.39, 0.29) is 6.04 Å². The normalized spacial score (nSPS) is 13.5. The molecule has 1 atom stereocenters. The Morgan fingerprint density at radius 1 is 1.50 bits per heavy atom. The third kappa shape index (κ3) is 4.62. The summed E-state index contributed by atoms with van der Waals surface area (Å²) in [6, 6.07) is 0.223. The number of hydrogen-bond acceptors (Lipinski definition) is 4. The van der Waals surface area contributed by atoms with Crippen molar-refractivity contribution in [3.05, 3.63) is 15.6 Å². The lowest BCUT2D eigenvalue weighted by Gasteiger charge is -2.16. The second kappa shape index (κ2) is 7.33. The first-order chi connectivity index (χ1) is 8.56. The maximum atomic E-state index is 5.08. The van der Waals surface area contributed by atoms with Crippen LogP contribution in [0.4, 0.5) is 0 Å². The molecule has 0 saturated heterocycles. The molecule has 0 aliphatic heterocycles. The molecular weight excluding hydrogens is 248 g/mol. The van der Waals surface area contributed by atoms with Crippen LogP contribution in [0.15, 0.2) is 4.99 Å². The highest BCUT2D eigenvalue weighted by molar-refractivity contribution is 7.11. The fraction of sp³-hybridized carbons (Fsp3) is 0.667. The fourth-order valence-electron chi connectivity index (χ4n) is 1.49. The van der Waals surface area contributed by atoms with Crippen LogP contribution in [-0.4, -0.2) is 37.7 Å². The van der Waals surface area contributed by atoms with Gasteiger partial charge in [-0.15, -0.1) is 11.3 Å². The quantitative estimate of drug-likeness (QED) is 0.628. The summed E-state index contributed by atoms with van der Waals surface area (Å²) in [5, 5.41) is 7.57. The van der Waals surface area contributed by atoms with Crippen LogP contribution in [0.1, 0.15) is 22.5 Å². The molecule has 0 fully saturated rings. The van der Waals surface area contributed by atoms with Gasteiger partial charge in [-0.25, -0.2) is 4.98 Å². The topological polar surface area (TPSA) is 58.5 Å². The highest BCUT2D eigenvalue weighted by atomic mass is 32.1. The lowest BCUT2D eigenvalue weighted by Crippen LogP contribution is -2.43. The molecule has 1 heterocycles. The lowest BCUT2D eigenvalue weighted by molar-refractivity contribution is 0.179. The van der Waals surface area contributed by atoms with Crippen LogP contribution in [0.2, 0.25) is 0 Å². The number of hydrogen-bond donors (Lipinski definition) is 2. The lowest BCUT2D eigenvalue weighted by atomic mass is 10.4. The molecule has 0 saturated carbocycles. The van der Waals surface area contributed by atoms with Crippen LogP contribution in [0.3, 0.4) is 0 Å². The largest absolute Gasteiger partial charge is 0.383 e. The summed E-state index contributed by atoms with van der Waals surface area (Å²) in [6.45, 7) is 7.51. The number of thiazole rings is 1. The average Bonchev–Trinajstić information content (AvgIpc) is 2.64. The predicted octanol–water partition coefficient (Wildman–Crippen LogP) is 1.46. The molecule has 1 unspecified atom stereocenters. The summed E-state index contributed by atoms with van der Waals surface area (Å²) < 4.78 is 5.08.